The van der Waals surface area contributed by atoms with Crippen LogP contribution >= 0.6 is 11.6 Å². The maximum absolute atomic E-state index is 13.0. The number of carbonyl (C=O) groups is 1. The minimum Gasteiger partial charge on any atom is -0.326 e. The first-order chi connectivity index (χ1) is 10.1. The second-order valence-corrected chi connectivity index (χ2v) is 5.98. The van der Waals surface area contributed by atoms with E-state index in [9.17, 15) is 9.18 Å². The van der Waals surface area contributed by atoms with Crippen LogP contribution in [0.4, 0.5) is 10.1 Å². The fourth-order valence-corrected chi connectivity index (χ4v) is 2.85. The van der Waals surface area contributed by atoms with Gasteiger partial charge in [-0.15, -0.1) is 0 Å². The zero-order valence-electron chi connectivity index (χ0n) is 12.1. The summed E-state index contributed by atoms with van der Waals surface area (Å²) in [5.41, 5.74) is 0.529. The van der Waals surface area contributed by atoms with Crippen LogP contribution in [0.3, 0.4) is 0 Å². The number of hydrogen-bond donors (Lipinski definition) is 2. The fourth-order valence-electron chi connectivity index (χ4n) is 2.67. The first kappa shape index (κ1) is 16.2. The quantitative estimate of drug-likeness (QED) is 0.803. The molecule has 2 rings (SSSR count). The number of rotatable bonds is 5. The normalized spacial score (nSPS) is 16.5. The molecule has 1 aromatic carbocycles. The molecule has 116 valence electrons. The molecule has 0 unspecified atom stereocenters. The molecule has 0 aromatic heterocycles. The molecule has 1 saturated carbocycles. The first-order valence-electron chi connectivity index (χ1n) is 7.63. The summed E-state index contributed by atoms with van der Waals surface area (Å²) in [6.45, 7) is 0.672. The van der Waals surface area contributed by atoms with Crippen LogP contribution in [0.15, 0.2) is 18.2 Å². The minimum atomic E-state index is -0.482. The molecule has 3 nitrogen and oxygen atoms in total. The van der Waals surface area contributed by atoms with Crippen molar-refractivity contribution in [2.75, 3.05) is 11.9 Å². The predicted molar refractivity (Wildman–Crippen MR) is 84.1 cm³/mol. The highest BCUT2D eigenvalue weighted by Gasteiger charge is 2.12. The zero-order valence-corrected chi connectivity index (χ0v) is 12.9. The van der Waals surface area contributed by atoms with Crippen LogP contribution in [0.2, 0.25) is 5.02 Å². The molecule has 5 heteroatoms. The third-order valence-electron chi connectivity index (χ3n) is 3.84. The van der Waals surface area contributed by atoms with Crippen molar-refractivity contribution in [1.29, 1.82) is 0 Å². The molecule has 0 heterocycles. The fraction of sp³-hybridized carbons (Fsp3) is 0.562. The van der Waals surface area contributed by atoms with Crippen molar-refractivity contribution in [2.24, 2.45) is 0 Å². The van der Waals surface area contributed by atoms with Crippen molar-refractivity contribution in [3.63, 3.8) is 0 Å². The van der Waals surface area contributed by atoms with Gasteiger partial charge in [-0.25, -0.2) is 4.39 Å². The van der Waals surface area contributed by atoms with Crippen LogP contribution < -0.4 is 10.6 Å². The van der Waals surface area contributed by atoms with E-state index >= 15 is 0 Å². The Labute approximate surface area is 130 Å². The van der Waals surface area contributed by atoms with Gasteiger partial charge in [-0.3, -0.25) is 4.79 Å². The Bertz CT molecular complexity index is 473. The van der Waals surface area contributed by atoms with Crippen molar-refractivity contribution in [2.45, 2.75) is 51.0 Å². The summed E-state index contributed by atoms with van der Waals surface area (Å²) in [7, 11) is 0. The lowest BCUT2D eigenvalue weighted by Gasteiger charge is -2.15. The lowest BCUT2D eigenvalue weighted by Crippen LogP contribution is -2.31. The van der Waals surface area contributed by atoms with E-state index in [0.29, 0.717) is 24.7 Å². The highest BCUT2D eigenvalue weighted by molar-refractivity contribution is 6.31. The second kappa shape index (κ2) is 8.35. The maximum Gasteiger partial charge on any atom is 0.225 e. The molecule has 1 aliphatic carbocycles. The van der Waals surface area contributed by atoms with Crippen molar-refractivity contribution < 1.29 is 9.18 Å². The molecule has 1 aromatic rings. The summed E-state index contributed by atoms with van der Waals surface area (Å²) in [6, 6.07) is 4.73. The molecule has 0 aliphatic heterocycles. The highest BCUT2D eigenvalue weighted by atomic mass is 35.5. The Kier molecular flexibility index (Phi) is 6.46. The average Bonchev–Trinajstić information content (AvgIpc) is 2.72. The van der Waals surface area contributed by atoms with Gasteiger partial charge in [0.25, 0.3) is 0 Å². The van der Waals surface area contributed by atoms with Crippen molar-refractivity contribution >= 4 is 23.2 Å². The van der Waals surface area contributed by atoms with Gasteiger partial charge in [0.05, 0.1) is 5.02 Å². The van der Waals surface area contributed by atoms with Gasteiger partial charge in [0, 0.05) is 24.7 Å². The lowest BCUT2D eigenvalue weighted by molar-refractivity contribution is -0.116. The highest BCUT2D eigenvalue weighted by Crippen LogP contribution is 2.19. The Hall–Kier alpha value is -1.13. The van der Waals surface area contributed by atoms with Crippen LogP contribution in [0, 0.1) is 5.82 Å². The smallest absolute Gasteiger partial charge is 0.225 e. The first-order valence-corrected chi connectivity index (χ1v) is 8.01. The molecular formula is C16H22ClFN2O. The van der Waals surface area contributed by atoms with E-state index < -0.39 is 5.82 Å². The van der Waals surface area contributed by atoms with Crippen LogP contribution in [0.25, 0.3) is 0 Å². The van der Waals surface area contributed by atoms with Crippen LogP contribution in [-0.4, -0.2) is 18.5 Å². The minimum absolute atomic E-state index is 0.0179. The molecule has 0 atom stereocenters. The molecule has 0 spiro atoms. The molecule has 1 aliphatic rings. The Morgan fingerprint density at radius 2 is 1.95 bits per heavy atom. The number of nitrogens with one attached hydrogen (secondary N) is 2. The standard InChI is InChI=1S/C16H22ClFN2O/c17-14-11-13(7-8-15(14)18)20-16(21)9-10-19-12-5-3-1-2-4-6-12/h7-8,11-12,19H,1-6,9-10H2,(H,20,21). The Morgan fingerprint density at radius 1 is 1.24 bits per heavy atom. The number of hydrogen-bond acceptors (Lipinski definition) is 2. The molecular weight excluding hydrogens is 291 g/mol. The van der Waals surface area contributed by atoms with Gasteiger partial charge < -0.3 is 10.6 Å². The van der Waals surface area contributed by atoms with Gasteiger partial charge in [-0.2, -0.15) is 0 Å². The van der Waals surface area contributed by atoms with Crippen molar-refractivity contribution in [3.05, 3.63) is 29.0 Å². The van der Waals surface area contributed by atoms with Gasteiger partial charge in [0.15, 0.2) is 0 Å². The molecule has 21 heavy (non-hydrogen) atoms. The van der Waals surface area contributed by atoms with Gasteiger partial charge in [-0.05, 0) is 31.0 Å². The third-order valence-corrected chi connectivity index (χ3v) is 4.13. The average molecular weight is 313 g/mol. The largest absolute Gasteiger partial charge is 0.326 e. The summed E-state index contributed by atoms with van der Waals surface area (Å²) >= 11 is 5.68. The third kappa shape index (κ3) is 5.64. The number of amides is 1. The SMILES string of the molecule is O=C(CCNC1CCCCCC1)Nc1ccc(F)c(Cl)c1. The molecule has 0 bridgehead atoms. The molecule has 0 radical (unpaired) electrons. The summed E-state index contributed by atoms with van der Waals surface area (Å²) in [6.07, 6.45) is 8.01. The number of benzene rings is 1. The van der Waals surface area contributed by atoms with Crippen molar-refractivity contribution in [3.8, 4) is 0 Å². The van der Waals surface area contributed by atoms with Crippen LogP contribution in [0.1, 0.15) is 44.9 Å². The number of anilines is 1. The monoisotopic (exact) mass is 312 g/mol. The van der Waals surface area contributed by atoms with E-state index in [-0.39, 0.29) is 10.9 Å². The van der Waals surface area contributed by atoms with Crippen LogP contribution in [-0.2, 0) is 4.79 Å². The summed E-state index contributed by atoms with van der Waals surface area (Å²) in [4.78, 5) is 11.8. The second-order valence-electron chi connectivity index (χ2n) is 5.57. The number of carbonyl (C=O) groups excluding carboxylic acids is 1. The van der Waals surface area contributed by atoms with E-state index in [2.05, 4.69) is 10.6 Å². The molecule has 0 saturated heterocycles. The summed E-state index contributed by atoms with van der Waals surface area (Å²) in [5.74, 6) is -0.566. The van der Waals surface area contributed by atoms with Gasteiger partial charge in [0.2, 0.25) is 5.91 Å². The summed E-state index contributed by atoms with van der Waals surface area (Å²) in [5, 5.41) is 6.20. The van der Waals surface area contributed by atoms with E-state index in [1.54, 1.807) is 0 Å². The van der Waals surface area contributed by atoms with E-state index in [0.717, 1.165) is 0 Å². The van der Waals surface area contributed by atoms with Crippen LogP contribution in [0.5, 0.6) is 0 Å². The van der Waals surface area contributed by atoms with E-state index in [1.165, 1.54) is 56.7 Å². The molecule has 1 fully saturated rings. The van der Waals surface area contributed by atoms with Gasteiger partial charge in [0.1, 0.15) is 5.82 Å². The van der Waals surface area contributed by atoms with Gasteiger partial charge >= 0.3 is 0 Å². The summed E-state index contributed by atoms with van der Waals surface area (Å²) < 4.78 is 13.0. The molecule has 1 amide bonds. The van der Waals surface area contributed by atoms with E-state index in [1.807, 2.05) is 0 Å². The lowest BCUT2D eigenvalue weighted by atomic mass is 10.1. The van der Waals surface area contributed by atoms with Gasteiger partial charge in [-0.1, -0.05) is 37.3 Å². The molecule has 2 N–H and O–H groups in total. The zero-order chi connectivity index (χ0) is 15.1. The topological polar surface area (TPSA) is 41.1 Å². The van der Waals surface area contributed by atoms with Crippen molar-refractivity contribution in [1.82, 2.24) is 5.32 Å². The Balaban J connectivity index is 1.70. The van der Waals surface area contributed by atoms with E-state index in [4.69, 9.17) is 11.6 Å². The Morgan fingerprint density at radius 3 is 2.62 bits per heavy atom. The number of halogens is 2. The predicted octanol–water partition coefficient (Wildman–Crippen LogP) is 4.12. The maximum atomic E-state index is 13.0.